The van der Waals surface area contributed by atoms with Crippen molar-refractivity contribution in [3.05, 3.63) is 60.2 Å². The fourth-order valence-corrected chi connectivity index (χ4v) is 8.12. The first-order valence-electron chi connectivity index (χ1n) is 16.0. The van der Waals surface area contributed by atoms with E-state index in [4.69, 9.17) is 15.2 Å². The van der Waals surface area contributed by atoms with E-state index in [9.17, 15) is 28.2 Å². The number of carbonyl (C=O) groups excluding carboxylic acids is 1. The molecule has 0 aromatic heterocycles. The number of hydrogen-bond acceptors (Lipinski definition) is 8. The lowest BCUT2D eigenvalue weighted by molar-refractivity contribution is -0.0906. The summed E-state index contributed by atoms with van der Waals surface area (Å²) in [7, 11) is -0.881. The molecule has 2 heterocycles. The zero-order valence-electron chi connectivity index (χ0n) is 27.6. The molecule has 13 nitrogen and oxygen atoms in total. The quantitative estimate of drug-likeness (QED) is 0.163. The number of carboxylic acid groups (broad SMARTS) is 1. The lowest BCUT2D eigenvalue weighted by Crippen LogP contribution is -2.58. The normalized spacial score (nSPS) is 20.9. The maximum Gasteiger partial charge on any atom is 0.407 e. The van der Waals surface area contributed by atoms with Gasteiger partial charge in [0.05, 0.1) is 36.3 Å². The Balaban J connectivity index is 1.64. The van der Waals surface area contributed by atoms with Gasteiger partial charge in [0.15, 0.2) is 6.29 Å². The molecular formula is C33H49N5O8S. The second-order valence-corrected chi connectivity index (χ2v) is 15.3. The molecule has 14 heteroatoms. The minimum atomic E-state index is -4.19. The predicted molar refractivity (Wildman–Crippen MR) is 177 cm³/mol. The highest BCUT2D eigenvalue weighted by Crippen LogP contribution is 2.36. The number of hydrogen-bond donors (Lipinski definition) is 4. The zero-order valence-corrected chi connectivity index (χ0v) is 28.4. The van der Waals surface area contributed by atoms with Gasteiger partial charge >= 0.3 is 12.1 Å². The van der Waals surface area contributed by atoms with Crippen LogP contribution in [0.3, 0.4) is 0 Å². The summed E-state index contributed by atoms with van der Waals surface area (Å²) in [5.74, 6) is -0.198. The molecule has 2 aliphatic rings. The molecule has 47 heavy (non-hydrogen) atoms. The third-order valence-corrected chi connectivity index (χ3v) is 10.7. The molecule has 2 aromatic rings. The summed E-state index contributed by atoms with van der Waals surface area (Å²) < 4.78 is 41.1. The van der Waals surface area contributed by atoms with Gasteiger partial charge in [-0.2, -0.15) is 4.31 Å². The van der Waals surface area contributed by atoms with E-state index in [1.807, 2.05) is 44.2 Å². The van der Waals surface area contributed by atoms with E-state index in [0.29, 0.717) is 32.4 Å². The number of aliphatic hydroxyl groups excluding tert-OH is 1. The number of carbonyl (C=O) groups is 2. The maximum atomic E-state index is 14.2. The van der Waals surface area contributed by atoms with Crippen molar-refractivity contribution in [1.82, 2.24) is 19.4 Å². The van der Waals surface area contributed by atoms with Gasteiger partial charge in [-0.15, -0.1) is 0 Å². The summed E-state index contributed by atoms with van der Waals surface area (Å²) in [6, 6.07) is 13.4. The molecule has 0 unspecified atom stereocenters. The van der Waals surface area contributed by atoms with Crippen LogP contribution in [-0.4, -0.2) is 116 Å². The Morgan fingerprint density at radius 3 is 2.49 bits per heavy atom. The largest absolute Gasteiger partial charge is 0.465 e. The SMILES string of the molecule is CN(C)C(=O)NCCCC(C)(C)CN(C[C@@H](O)[C@H](Cc1ccccc1)N(C(=O)O)[C@H]1CO[C@H]2OCC[C@H]21)S(=O)(=O)c1cccc(N)c1. The van der Waals surface area contributed by atoms with Crippen LogP contribution in [0.2, 0.25) is 0 Å². The summed E-state index contributed by atoms with van der Waals surface area (Å²) in [5.41, 5.74) is 6.46. The first-order chi connectivity index (χ1) is 22.2. The zero-order chi connectivity index (χ0) is 34.4. The van der Waals surface area contributed by atoms with Gasteiger partial charge in [0.1, 0.15) is 0 Å². The molecule has 2 aliphatic heterocycles. The molecule has 5 atom stereocenters. The van der Waals surface area contributed by atoms with Gasteiger partial charge < -0.3 is 35.6 Å². The third kappa shape index (κ3) is 9.35. The molecule has 0 aliphatic carbocycles. The number of urea groups is 1. The van der Waals surface area contributed by atoms with E-state index in [-0.39, 0.29) is 48.6 Å². The number of amides is 3. The van der Waals surface area contributed by atoms with E-state index in [1.54, 1.807) is 26.2 Å². The van der Waals surface area contributed by atoms with Crippen molar-refractivity contribution in [2.45, 2.75) is 68.9 Å². The van der Waals surface area contributed by atoms with Crippen LogP contribution < -0.4 is 11.1 Å². The lowest BCUT2D eigenvalue weighted by atomic mass is 9.87. The molecule has 2 saturated heterocycles. The van der Waals surface area contributed by atoms with E-state index in [1.165, 1.54) is 26.2 Å². The number of nitrogens with zero attached hydrogens (tertiary/aromatic N) is 3. The van der Waals surface area contributed by atoms with Crippen LogP contribution in [0.5, 0.6) is 0 Å². The van der Waals surface area contributed by atoms with Crippen LogP contribution in [0.25, 0.3) is 0 Å². The maximum absolute atomic E-state index is 14.2. The molecule has 0 radical (unpaired) electrons. The second kappa shape index (κ2) is 15.6. The predicted octanol–water partition coefficient (Wildman–Crippen LogP) is 3.05. The van der Waals surface area contributed by atoms with Gasteiger partial charge in [-0.3, -0.25) is 4.90 Å². The smallest absolute Gasteiger partial charge is 0.407 e. The number of anilines is 1. The van der Waals surface area contributed by atoms with Crippen molar-refractivity contribution in [1.29, 1.82) is 0 Å². The number of fused-ring (bicyclic) bond motifs is 1. The second-order valence-electron chi connectivity index (χ2n) is 13.4. The number of sulfonamides is 1. The molecule has 3 amide bonds. The molecule has 260 valence electrons. The number of ether oxygens (including phenoxy) is 2. The van der Waals surface area contributed by atoms with Crippen LogP contribution in [0, 0.1) is 11.3 Å². The van der Waals surface area contributed by atoms with E-state index in [0.717, 1.165) is 5.56 Å². The van der Waals surface area contributed by atoms with Gasteiger partial charge in [-0.1, -0.05) is 50.2 Å². The Morgan fingerprint density at radius 1 is 1.11 bits per heavy atom. The minimum absolute atomic E-state index is 0.0245. The van der Waals surface area contributed by atoms with Crippen molar-refractivity contribution < 1.29 is 37.7 Å². The molecule has 0 spiro atoms. The van der Waals surface area contributed by atoms with E-state index >= 15 is 0 Å². The lowest BCUT2D eigenvalue weighted by Gasteiger charge is -2.40. The average molecular weight is 676 g/mol. The summed E-state index contributed by atoms with van der Waals surface area (Å²) >= 11 is 0. The van der Waals surface area contributed by atoms with Crippen molar-refractivity contribution in [2.24, 2.45) is 11.3 Å². The number of nitrogens with two attached hydrogens (primary N) is 1. The Morgan fingerprint density at radius 2 is 1.83 bits per heavy atom. The van der Waals surface area contributed by atoms with Gasteiger partial charge in [-0.25, -0.2) is 18.0 Å². The number of benzene rings is 2. The molecule has 2 fully saturated rings. The van der Waals surface area contributed by atoms with Crippen LogP contribution in [0.1, 0.15) is 38.7 Å². The van der Waals surface area contributed by atoms with Crippen LogP contribution in [-0.2, 0) is 25.9 Å². The molecule has 4 rings (SSSR count). The van der Waals surface area contributed by atoms with Crippen molar-refractivity contribution in [2.75, 3.05) is 52.7 Å². The Bertz CT molecular complexity index is 1460. The van der Waals surface area contributed by atoms with Crippen molar-refractivity contribution in [3.63, 3.8) is 0 Å². The van der Waals surface area contributed by atoms with Crippen molar-refractivity contribution in [3.8, 4) is 0 Å². The number of rotatable bonds is 15. The van der Waals surface area contributed by atoms with Gasteiger partial charge in [-0.05, 0) is 54.9 Å². The fraction of sp³-hybridized carbons (Fsp3) is 0.576. The third-order valence-electron chi connectivity index (χ3n) is 8.88. The molecular weight excluding hydrogens is 626 g/mol. The summed E-state index contributed by atoms with van der Waals surface area (Å²) in [6.07, 6.45) is -1.21. The Labute approximate surface area is 277 Å². The van der Waals surface area contributed by atoms with E-state index in [2.05, 4.69) is 5.32 Å². The topological polar surface area (TPSA) is 175 Å². The number of aliphatic hydroxyl groups is 1. The van der Waals surface area contributed by atoms with Crippen LogP contribution in [0.4, 0.5) is 15.3 Å². The number of nitrogen functional groups attached to an aromatic ring is 1. The highest BCUT2D eigenvalue weighted by molar-refractivity contribution is 7.89. The standard InChI is InChI=1S/C33H49N5O8S/c1-33(2,15-9-16-35-31(40)36(3)4)22-37(47(43,44)25-13-8-12-24(34)19-25)20-29(39)27(18-23-10-6-5-7-11-23)38(32(41)42)28-21-46-30-26(28)14-17-45-30/h5-8,10-13,19,26-30,39H,9,14-18,20-22,34H2,1-4H3,(H,35,40)(H,41,42)/t26-,27-,28-,29+,30+/m0/s1. The first kappa shape index (κ1) is 36.4. The number of nitrogens with one attached hydrogen (secondary N) is 1. The monoisotopic (exact) mass is 675 g/mol. The highest BCUT2D eigenvalue weighted by atomic mass is 32.2. The van der Waals surface area contributed by atoms with Crippen molar-refractivity contribution >= 4 is 27.8 Å². The first-order valence-corrected chi connectivity index (χ1v) is 17.4. The van der Waals surface area contributed by atoms with Crippen LogP contribution >= 0.6 is 0 Å². The fourth-order valence-electron chi connectivity index (χ4n) is 6.41. The average Bonchev–Trinajstić information content (AvgIpc) is 3.64. The molecule has 5 N–H and O–H groups in total. The molecule has 0 saturated carbocycles. The summed E-state index contributed by atoms with van der Waals surface area (Å²) in [5, 5.41) is 25.4. The van der Waals surface area contributed by atoms with Gasteiger partial charge in [0, 0.05) is 45.3 Å². The summed E-state index contributed by atoms with van der Waals surface area (Å²) in [6.45, 7) is 4.49. The minimum Gasteiger partial charge on any atom is -0.465 e. The highest BCUT2D eigenvalue weighted by Gasteiger charge is 2.49. The van der Waals surface area contributed by atoms with Gasteiger partial charge in [0.2, 0.25) is 10.0 Å². The molecule has 2 aromatic carbocycles. The Hall–Kier alpha value is -3.43. The van der Waals surface area contributed by atoms with E-state index < -0.39 is 46.0 Å². The summed E-state index contributed by atoms with van der Waals surface area (Å²) in [4.78, 5) is 27.6. The van der Waals surface area contributed by atoms with Gasteiger partial charge in [0.25, 0.3) is 0 Å². The molecule has 0 bridgehead atoms. The Kier molecular flexibility index (Phi) is 12.1. The van der Waals surface area contributed by atoms with Crippen LogP contribution in [0.15, 0.2) is 59.5 Å².